The predicted molar refractivity (Wildman–Crippen MR) is 248 cm³/mol. The van der Waals surface area contributed by atoms with Crippen molar-refractivity contribution < 1.29 is 25.6 Å². The van der Waals surface area contributed by atoms with Crippen LogP contribution in [0, 0.1) is 18.5 Å². The Labute approximate surface area is 388 Å². The van der Waals surface area contributed by atoms with E-state index in [0.29, 0.717) is 0 Å². The van der Waals surface area contributed by atoms with Crippen LogP contribution in [-0.2, 0) is 44.5 Å². The summed E-state index contributed by atoms with van der Waals surface area (Å²) in [7, 11) is 2.04. The molecule has 0 saturated heterocycles. The maximum absolute atomic E-state index is 5.18. The van der Waals surface area contributed by atoms with Gasteiger partial charge in [-0.2, -0.15) is 48.5 Å². The largest absolute Gasteiger partial charge is 0.354 e. The Morgan fingerprint density at radius 3 is 1.22 bits per heavy atom. The molecule has 0 bridgehead atoms. The number of aryl methyl sites for hydroxylation is 1. The van der Waals surface area contributed by atoms with Crippen molar-refractivity contribution in [2.45, 2.75) is 16.4 Å². The molecule has 3 aliphatic carbocycles. The molecule has 0 fully saturated rings. The Balaban J connectivity index is 0.00000433. The molecule has 0 aliphatic heterocycles. The van der Waals surface area contributed by atoms with Crippen LogP contribution < -0.4 is 4.57 Å². The van der Waals surface area contributed by atoms with Gasteiger partial charge in [0.1, 0.15) is 5.54 Å². The van der Waals surface area contributed by atoms with E-state index >= 15 is 0 Å². The Kier molecular flexibility index (Phi) is 8.67. The molecule has 3 nitrogen and oxygen atoms in total. The second-order valence-electron chi connectivity index (χ2n) is 17.0. The van der Waals surface area contributed by atoms with Gasteiger partial charge in [0.05, 0.1) is 18.2 Å². The summed E-state index contributed by atoms with van der Waals surface area (Å²) >= 11 is 0. The molecule has 8 aromatic carbocycles. The minimum atomic E-state index is -0.786. The van der Waals surface area contributed by atoms with Crippen LogP contribution in [0.4, 0.5) is 0 Å². The summed E-state index contributed by atoms with van der Waals surface area (Å²) in [5, 5.41) is 0. The van der Waals surface area contributed by atoms with Crippen molar-refractivity contribution in [1.82, 2.24) is 9.55 Å². The third kappa shape index (κ3) is 4.91. The van der Waals surface area contributed by atoms with Crippen LogP contribution >= 0.6 is 0 Å². The van der Waals surface area contributed by atoms with E-state index < -0.39 is 16.4 Å². The van der Waals surface area contributed by atoms with E-state index in [2.05, 4.69) is 230 Å². The summed E-state index contributed by atoms with van der Waals surface area (Å²) in [6.45, 7) is 0. The van der Waals surface area contributed by atoms with Gasteiger partial charge in [0.25, 0.3) is 0 Å². The predicted octanol–water partition coefficient (Wildman–Crippen LogP) is 11.7. The molecule has 2 heterocycles. The standard InChI is InChI=1S/C60H39N3.Pt/c1-62-36-37-63(40-62)60(55-32-12-6-26-49(55)50-27-7-13-33-56(50)60)44-21-17-19-42(39-44)58(51-28-8-2-22-45(51)46-23-3-9-29-52(46)58)41-18-16-20-43(38-41)59(57-34-14-15-35-61-57)53-30-10-4-24-47(53)48-25-5-11-31-54(48)59;/h2-37H,1H3;/q-2;. The number of imidazole rings is 1. The third-order valence-electron chi connectivity index (χ3n) is 14.1. The summed E-state index contributed by atoms with van der Waals surface area (Å²) in [5.41, 5.74) is 17.6. The van der Waals surface area contributed by atoms with Crippen molar-refractivity contribution >= 4 is 0 Å². The van der Waals surface area contributed by atoms with Gasteiger partial charge in [-0.25, -0.2) is 0 Å². The fraction of sp³-hybridized carbons (Fsp3) is 0.0667. The summed E-state index contributed by atoms with van der Waals surface area (Å²) in [4.78, 5) is 5.18. The average molecular weight is 997 g/mol. The van der Waals surface area contributed by atoms with Gasteiger partial charge in [-0.15, -0.1) is 22.3 Å². The smallest absolute Gasteiger partial charge is 0.204 e. The van der Waals surface area contributed by atoms with Crippen molar-refractivity contribution in [3.63, 3.8) is 0 Å². The Bertz CT molecular complexity index is 3320. The van der Waals surface area contributed by atoms with E-state index in [1.54, 1.807) is 0 Å². The number of pyridine rings is 1. The van der Waals surface area contributed by atoms with Crippen molar-refractivity contribution in [3.05, 3.63) is 299 Å². The molecule has 10 aromatic rings. The molecule has 0 amide bonds. The first-order valence-electron chi connectivity index (χ1n) is 21.7. The fourth-order valence-corrected chi connectivity index (χ4v) is 11.8. The van der Waals surface area contributed by atoms with Crippen molar-refractivity contribution in [2.75, 3.05) is 0 Å². The Morgan fingerprint density at radius 1 is 0.406 bits per heavy atom. The quantitative estimate of drug-likeness (QED) is 0.120. The maximum Gasteiger partial charge on any atom is 0.204 e. The van der Waals surface area contributed by atoms with Crippen LogP contribution in [0.3, 0.4) is 0 Å². The molecule has 13 rings (SSSR count). The van der Waals surface area contributed by atoms with Gasteiger partial charge >= 0.3 is 0 Å². The number of hydrogen-bond acceptors (Lipinski definition) is 1. The minimum absolute atomic E-state index is 0. The zero-order valence-electron chi connectivity index (χ0n) is 34.9. The molecular formula is C60H39N3Pt-2. The van der Waals surface area contributed by atoms with Gasteiger partial charge in [-0.1, -0.05) is 152 Å². The SMILES string of the molecule is C[n+]1[c-]n(C2(c3[c-]c(C4(c5[c-]c(C6(c7ccccn7)c7ccccc7-c7ccccc76)ccc5)c5ccccc5-c5ccccc54)ccc3)c3ccccc3-c3ccccc32)cc1.[Pt]. The molecule has 0 atom stereocenters. The van der Waals surface area contributed by atoms with E-state index in [0.717, 1.165) is 27.9 Å². The van der Waals surface area contributed by atoms with Gasteiger partial charge in [0, 0.05) is 43.8 Å². The van der Waals surface area contributed by atoms with Crippen molar-refractivity contribution in [1.29, 1.82) is 0 Å². The van der Waals surface area contributed by atoms with E-state index in [1.807, 2.05) is 23.9 Å². The molecule has 0 spiro atoms. The molecule has 0 saturated carbocycles. The fourth-order valence-electron chi connectivity index (χ4n) is 11.8. The van der Waals surface area contributed by atoms with Crippen molar-refractivity contribution in [3.8, 4) is 33.4 Å². The Hall–Kier alpha value is -7.19. The number of fused-ring (bicyclic) bond motifs is 9. The van der Waals surface area contributed by atoms with Gasteiger partial charge < -0.3 is 9.13 Å². The van der Waals surface area contributed by atoms with Crippen LogP contribution in [0.1, 0.15) is 61.3 Å². The topological polar surface area (TPSA) is 21.7 Å². The number of hydrogen-bond donors (Lipinski definition) is 0. The summed E-state index contributed by atoms with van der Waals surface area (Å²) < 4.78 is 4.27. The molecule has 0 radical (unpaired) electrons. The molecule has 0 unspecified atom stereocenters. The number of aromatic nitrogens is 3. The minimum Gasteiger partial charge on any atom is -0.354 e. The first-order chi connectivity index (χ1) is 31.2. The summed E-state index contributed by atoms with van der Waals surface area (Å²) in [6.07, 6.45) is 9.83. The summed E-state index contributed by atoms with van der Waals surface area (Å²) in [6, 6.07) is 81.7. The van der Waals surface area contributed by atoms with Crippen molar-refractivity contribution in [2.24, 2.45) is 7.05 Å². The molecule has 306 valence electrons. The molecular weight excluding hydrogens is 958 g/mol. The van der Waals surface area contributed by atoms with Gasteiger partial charge in [-0.3, -0.25) is 4.98 Å². The van der Waals surface area contributed by atoms with Crippen LogP contribution in [-0.4, -0.2) is 9.55 Å². The number of rotatable bonds is 6. The molecule has 2 aromatic heterocycles. The maximum atomic E-state index is 5.18. The molecule has 4 heteroatoms. The van der Waals surface area contributed by atoms with Crippen LogP contribution in [0.25, 0.3) is 33.4 Å². The monoisotopic (exact) mass is 996 g/mol. The first-order valence-corrected chi connectivity index (χ1v) is 21.7. The molecule has 3 aliphatic rings. The third-order valence-corrected chi connectivity index (χ3v) is 14.1. The van der Waals surface area contributed by atoms with Crippen LogP contribution in [0.15, 0.2) is 219 Å². The average Bonchev–Trinajstić information content (AvgIpc) is 4.09. The number of benzene rings is 8. The zero-order valence-corrected chi connectivity index (χ0v) is 37.2. The van der Waals surface area contributed by atoms with Crippen LogP contribution in [0.2, 0.25) is 0 Å². The van der Waals surface area contributed by atoms with E-state index in [-0.39, 0.29) is 21.1 Å². The molecule has 0 N–H and O–H groups in total. The van der Waals surface area contributed by atoms with Crippen LogP contribution in [0.5, 0.6) is 0 Å². The second-order valence-corrected chi connectivity index (χ2v) is 17.0. The number of nitrogens with zero attached hydrogens (tertiary/aromatic N) is 3. The normalized spacial score (nSPS) is 14.9. The van der Waals surface area contributed by atoms with Gasteiger partial charge in [0.15, 0.2) is 0 Å². The van der Waals surface area contributed by atoms with Gasteiger partial charge in [-0.05, 0) is 80.2 Å². The van der Waals surface area contributed by atoms with Gasteiger partial charge in [0.2, 0.25) is 6.33 Å². The first kappa shape index (κ1) is 38.5. The second kappa shape index (κ2) is 14.4. The van der Waals surface area contributed by atoms with E-state index in [1.165, 1.54) is 66.8 Å². The zero-order chi connectivity index (χ0) is 41.8. The van der Waals surface area contributed by atoms with E-state index in [9.17, 15) is 0 Å². The summed E-state index contributed by atoms with van der Waals surface area (Å²) in [5.74, 6) is 0. The Morgan fingerprint density at radius 2 is 0.781 bits per heavy atom. The van der Waals surface area contributed by atoms with E-state index in [4.69, 9.17) is 4.98 Å². The molecule has 64 heavy (non-hydrogen) atoms.